The quantitative estimate of drug-likeness (QED) is 0.791. The van der Waals surface area contributed by atoms with Crippen LogP contribution in [0.15, 0.2) is 46.9 Å². The van der Waals surface area contributed by atoms with Gasteiger partial charge >= 0.3 is 0 Å². The molecule has 110 valence electrons. The van der Waals surface area contributed by atoms with E-state index in [0.29, 0.717) is 10.2 Å². The maximum atomic E-state index is 14.3. The number of carbonyl (C=O) groups excluding carboxylic acids is 1. The van der Waals surface area contributed by atoms with E-state index < -0.39 is 17.9 Å². The molecule has 1 atom stereocenters. The van der Waals surface area contributed by atoms with Crippen LogP contribution in [0.25, 0.3) is 0 Å². The monoisotopic (exact) mass is 353 g/mol. The van der Waals surface area contributed by atoms with Crippen molar-refractivity contribution in [2.24, 2.45) is 0 Å². The van der Waals surface area contributed by atoms with Crippen LogP contribution in [0, 0.1) is 12.7 Å². The summed E-state index contributed by atoms with van der Waals surface area (Å²) < 4.78 is 28.5. The summed E-state index contributed by atoms with van der Waals surface area (Å²) in [6, 6.07) is 10.7. The van der Waals surface area contributed by atoms with E-state index in [-0.39, 0.29) is 5.56 Å². The van der Waals surface area contributed by atoms with Crippen LogP contribution < -0.4 is 4.90 Å². The molecule has 0 saturated carbocycles. The molecule has 0 heterocycles. The second-order valence-electron chi connectivity index (χ2n) is 4.74. The van der Waals surface area contributed by atoms with E-state index in [1.165, 1.54) is 30.1 Å². The third kappa shape index (κ3) is 3.29. The Hall–Kier alpha value is -1.75. The predicted molar refractivity (Wildman–Crippen MR) is 82.5 cm³/mol. The van der Waals surface area contributed by atoms with E-state index in [1.54, 1.807) is 6.07 Å². The standard InChI is InChI=1S/C16H14BrF2NO/c1-10-7-8-14(12(17)9-10)20(2)16(21)15(19)11-5-3-4-6-13(11)18/h3-9,15H,1-2H3. The molecule has 0 aromatic heterocycles. The van der Waals surface area contributed by atoms with Crippen molar-refractivity contribution in [2.45, 2.75) is 13.1 Å². The Morgan fingerprint density at radius 3 is 2.52 bits per heavy atom. The van der Waals surface area contributed by atoms with Crippen LogP contribution in [-0.2, 0) is 4.79 Å². The summed E-state index contributed by atoms with van der Waals surface area (Å²) in [7, 11) is 1.46. The molecule has 0 spiro atoms. The van der Waals surface area contributed by atoms with Gasteiger partial charge < -0.3 is 4.90 Å². The van der Waals surface area contributed by atoms with Crippen LogP contribution in [0.2, 0.25) is 0 Å². The zero-order valence-corrected chi connectivity index (χ0v) is 13.2. The zero-order chi connectivity index (χ0) is 15.6. The molecule has 0 N–H and O–H groups in total. The molecule has 0 aliphatic carbocycles. The maximum absolute atomic E-state index is 14.3. The molecule has 0 fully saturated rings. The smallest absolute Gasteiger partial charge is 0.266 e. The zero-order valence-electron chi connectivity index (χ0n) is 11.6. The highest BCUT2D eigenvalue weighted by Gasteiger charge is 2.27. The number of benzene rings is 2. The highest BCUT2D eigenvalue weighted by molar-refractivity contribution is 9.10. The fourth-order valence-electron chi connectivity index (χ4n) is 1.99. The molecule has 0 saturated heterocycles. The summed E-state index contributed by atoms with van der Waals surface area (Å²) in [5, 5.41) is 0. The van der Waals surface area contributed by atoms with Crippen LogP contribution in [-0.4, -0.2) is 13.0 Å². The number of rotatable bonds is 3. The summed E-state index contributed by atoms with van der Waals surface area (Å²) in [5.41, 5.74) is 1.29. The maximum Gasteiger partial charge on any atom is 0.266 e. The molecule has 5 heteroatoms. The molecule has 2 aromatic rings. The summed E-state index contributed by atoms with van der Waals surface area (Å²) in [6.45, 7) is 1.91. The molecule has 0 aliphatic rings. The highest BCUT2D eigenvalue weighted by Crippen LogP contribution is 2.30. The molecular formula is C16H14BrF2NO. The molecule has 0 radical (unpaired) electrons. The number of alkyl halides is 1. The van der Waals surface area contributed by atoms with Gasteiger partial charge in [0.25, 0.3) is 5.91 Å². The second kappa shape index (κ2) is 6.35. The van der Waals surface area contributed by atoms with Gasteiger partial charge in [0, 0.05) is 17.1 Å². The number of hydrogen-bond donors (Lipinski definition) is 0. The normalized spacial score (nSPS) is 12.0. The van der Waals surface area contributed by atoms with Gasteiger partial charge in [0.05, 0.1) is 5.69 Å². The molecule has 1 unspecified atom stereocenters. The lowest BCUT2D eigenvalue weighted by molar-refractivity contribution is -0.123. The first-order chi connectivity index (χ1) is 9.91. The summed E-state index contributed by atoms with van der Waals surface area (Å²) >= 11 is 3.35. The van der Waals surface area contributed by atoms with Gasteiger partial charge in [0.15, 0.2) is 0 Å². The van der Waals surface area contributed by atoms with Gasteiger partial charge in [-0.05, 0) is 46.6 Å². The number of likely N-dealkylation sites (N-methyl/N-ethyl adjacent to an activating group) is 1. The minimum Gasteiger partial charge on any atom is -0.312 e. The van der Waals surface area contributed by atoms with Crippen molar-refractivity contribution >= 4 is 27.5 Å². The first kappa shape index (κ1) is 15.6. The summed E-state index contributed by atoms with van der Waals surface area (Å²) in [4.78, 5) is 13.4. The predicted octanol–water partition coefficient (Wildman–Crippen LogP) is 4.57. The fraction of sp³-hybridized carbons (Fsp3) is 0.188. The van der Waals surface area contributed by atoms with E-state index in [0.717, 1.165) is 11.6 Å². The van der Waals surface area contributed by atoms with Crippen molar-refractivity contribution in [2.75, 3.05) is 11.9 Å². The number of aryl methyl sites for hydroxylation is 1. The Balaban J connectivity index is 2.29. The average Bonchev–Trinajstić information content (AvgIpc) is 2.45. The van der Waals surface area contributed by atoms with Crippen LogP contribution in [0.4, 0.5) is 14.5 Å². The largest absolute Gasteiger partial charge is 0.312 e. The van der Waals surface area contributed by atoms with E-state index in [2.05, 4.69) is 15.9 Å². The highest BCUT2D eigenvalue weighted by atomic mass is 79.9. The Kier molecular flexibility index (Phi) is 4.73. The SMILES string of the molecule is Cc1ccc(N(C)C(=O)C(F)c2ccccc2F)c(Br)c1. The summed E-state index contributed by atoms with van der Waals surface area (Å²) in [6.07, 6.45) is -2.04. The van der Waals surface area contributed by atoms with Crippen molar-refractivity contribution in [1.29, 1.82) is 0 Å². The average molecular weight is 354 g/mol. The van der Waals surface area contributed by atoms with Gasteiger partial charge in [-0.15, -0.1) is 0 Å². The number of nitrogens with zero attached hydrogens (tertiary/aromatic N) is 1. The van der Waals surface area contributed by atoms with Crippen LogP contribution in [0.1, 0.15) is 17.3 Å². The van der Waals surface area contributed by atoms with Crippen molar-refractivity contribution < 1.29 is 13.6 Å². The van der Waals surface area contributed by atoms with Gasteiger partial charge in [-0.3, -0.25) is 4.79 Å². The topological polar surface area (TPSA) is 20.3 Å². The number of anilines is 1. The van der Waals surface area contributed by atoms with Crippen molar-refractivity contribution in [3.63, 3.8) is 0 Å². The van der Waals surface area contributed by atoms with E-state index in [9.17, 15) is 13.6 Å². The first-order valence-electron chi connectivity index (χ1n) is 6.34. The van der Waals surface area contributed by atoms with Crippen LogP contribution in [0.3, 0.4) is 0 Å². The van der Waals surface area contributed by atoms with Crippen molar-refractivity contribution in [1.82, 2.24) is 0 Å². The molecule has 2 nitrogen and oxygen atoms in total. The molecule has 21 heavy (non-hydrogen) atoms. The molecule has 0 bridgehead atoms. The Labute approximate surface area is 130 Å². The fourth-order valence-corrected chi connectivity index (χ4v) is 2.75. The molecule has 2 rings (SSSR count). The first-order valence-corrected chi connectivity index (χ1v) is 7.13. The lowest BCUT2D eigenvalue weighted by Crippen LogP contribution is -2.30. The van der Waals surface area contributed by atoms with Crippen molar-refractivity contribution in [3.8, 4) is 0 Å². The van der Waals surface area contributed by atoms with Crippen molar-refractivity contribution in [3.05, 3.63) is 63.9 Å². The molecular weight excluding hydrogens is 340 g/mol. The van der Waals surface area contributed by atoms with Gasteiger partial charge in [-0.1, -0.05) is 24.3 Å². The second-order valence-corrected chi connectivity index (χ2v) is 5.59. The molecule has 1 amide bonds. The number of halogens is 3. The summed E-state index contributed by atoms with van der Waals surface area (Å²) in [5.74, 6) is -1.54. The third-order valence-electron chi connectivity index (χ3n) is 3.19. The minimum absolute atomic E-state index is 0.252. The van der Waals surface area contributed by atoms with E-state index in [4.69, 9.17) is 0 Å². The van der Waals surface area contributed by atoms with E-state index >= 15 is 0 Å². The van der Waals surface area contributed by atoms with Gasteiger partial charge in [0.2, 0.25) is 6.17 Å². The number of hydrogen-bond acceptors (Lipinski definition) is 1. The van der Waals surface area contributed by atoms with Crippen LogP contribution >= 0.6 is 15.9 Å². The van der Waals surface area contributed by atoms with Gasteiger partial charge in [-0.25, -0.2) is 8.78 Å². The minimum atomic E-state index is -2.04. The molecule has 2 aromatic carbocycles. The van der Waals surface area contributed by atoms with Gasteiger partial charge in [0.1, 0.15) is 5.82 Å². The Morgan fingerprint density at radius 2 is 1.90 bits per heavy atom. The number of carbonyl (C=O) groups is 1. The number of amides is 1. The van der Waals surface area contributed by atoms with Gasteiger partial charge in [-0.2, -0.15) is 0 Å². The molecule has 0 aliphatic heterocycles. The Morgan fingerprint density at radius 1 is 1.24 bits per heavy atom. The third-order valence-corrected chi connectivity index (χ3v) is 3.83. The lowest BCUT2D eigenvalue weighted by Gasteiger charge is -2.21. The lowest BCUT2D eigenvalue weighted by atomic mass is 10.1. The Bertz CT molecular complexity index is 675. The van der Waals surface area contributed by atoms with E-state index in [1.807, 2.05) is 19.1 Å². The van der Waals surface area contributed by atoms with Crippen LogP contribution in [0.5, 0.6) is 0 Å².